The third kappa shape index (κ3) is 6.34. The van der Waals surface area contributed by atoms with Crippen LogP contribution in [0.15, 0.2) is 66.7 Å². The second-order valence-corrected chi connectivity index (χ2v) is 9.27. The van der Waals surface area contributed by atoms with E-state index in [2.05, 4.69) is 26.5 Å². The van der Waals surface area contributed by atoms with Gasteiger partial charge in [0.05, 0.1) is 16.7 Å². The molecular weight excluding hydrogens is 524 g/mol. The van der Waals surface area contributed by atoms with Gasteiger partial charge in [0.25, 0.3) is 0 Å². The van der Waals surface area contributed by atoms with Crippen LogP contribution in [0.1, 0.15) is 11.4 Å². The van der Waals surface area contributed by atoms with Crippen LogP contribution < -0.4 is 9.46 Å². The maximum Gasteiger partial charge on any atom is 0.516 e. The van der Waals surface area contributed by atoms with E-state index in [9.17, 15) is 34.8 Å². The Labute approximate surface area is 206 Å². The van der Waals surface area contributed by atoms with Gasteiger partial charge in [-0.25, -0.2) is 4.98 Å². The molecule has 2 N–H and O–H groups in total. The summed E-state index contributed by atoms with van der Waals surface area (Å²) < 4.78 is 105. The highest BCUT2D eigenvalue weighted by molar-refractivity contribution is 7.93. The Balaban J connectivity index is 1.56. The third-order valence-corrected chi connectivity index (χ3v) is 5.95. The van der Waals surface area contributed by atoms with Gasteiger partial charge in [0.2, 0.25) is 0 Å². The maximum absolute atomic E-state index is 12.8. The first kappa shape index (κ1) is 25.9. The first-order valence-corrected chi connectivity index (χ1v) is 11.8. The van der Waals surface area contributed by atoms with Gasteiger partial charge in [-0.3, -0.25) is 4.72 Å². The number of sulfonamides is 1. The van der Waals surface area contributed by atoms with Crippen LogP contribution in [0.4, 0.5) is 32.0 Å². The number of anilines is 1. The average molecular weight is 539 g/mol. The van der Waals surface area contributed by atoms with Crippen molar-refractivity contribution in [3.8, 4) is 28.7 Å². The molecular formula is C24H15F6N3O3S. The summed E-state index contributed by atoms with van der Waals surface area (Å²) in [5, 5.41) is 0. The second-order valence-electron chi connectivity index (χ2n) is 7.59. The summed E-state index contributed by atoms with van der Waals surface area (Å²) in [7, 11) is -5.61. The van der Waals surface area contributed by atoms with E-state index < -0.39 is 28.3 Å². The fraction of sp³-hybridized carbons (Fsp3) is 0.125. The number of ether oxygens (including phenoxy) is 1. The molecule has 1 heterocycles. The van der Waals surface area contributed by atoms with Crippen molar-refractivity contribution in [3.05, 3.63) is 78.1 Å². The summed E-state index contributed by atoms with van der Waals surface area (Å²) in [4.78, 5) is 7.27. The Morgan fingerprint density at radius 1 is 0.919 bits per heavy atom. The normalized spacial score (nSPS) is 12.2. The highest BCUT2D eigenvalue weighted by Crippen LogP contribution is 2.33. The third-order valence-electron chi connectivity index (χ3n) is 4.85. The number of para-hydroxylation sites is 1. The van der Waals surface area contributed by atoms with Crippen LogP contribution in [0, 0.1) is 11.8 Å². The number of nitrogens with one attached hydrogen (secondary N) is 2. The van der Waals surface area contributed by atoms with Crippen molar-refractivity contribution in [2.75, 3.05) is 11.3 Å². The summed E-state index contributed by atoms with van der Waals surface area (Å²) in [6.45, 7) is -1.41. The van der Waals surface area contributed by atoms with E-state index in [1.165, 1.54) is 42.5 Å². The number of imidazole rings is 1. The van der Waals surface area contributed by atoms with Gasteiger partial charge in [-0.2, -0.15) is 34.8 Å². The van der Waals surface area contributed by atoms with Gasteiger partial charge in [0, 0.05) is 11.1 Å². The van der Waals surface area contributed by atoms with E-state index >= 15 is 0 Å². The molecule has 0 atom stereocenters. The van der Waals surface area contributed by atoms with E-state index in [1.54, 1.807) is 29.0 Å². The first-order chi connectivity index (χ1) is 17.3. The number of benzene rings is 3. The molecule has 0 unspecified atom stereocenters. The largest absolute Gasteiger partial charge is 0.516 e. The van der Waals surface area contributed by atoms with E-state index in [4.69, 9.17) is 0 Å². The number of aromatic nitrogens is 2. The highest BCUT2D eigenvalue weighted by Gasteiger charge is 2.46. The number of aromatic amines is 1. The molecule has 4 rings (SSSR count). The summed E-state index contributed by atoms with van der Waals surface area (Å²) in [6, 6.07) is 16.0. The van der Waals surface area contributed by atoms with Crippen molar-refractivity contribution < 1.29 is 39.5 Å². The average Bonchev–Trinajstić information content (AvgIpc) is 3.23. The number of H-pyrrole nitrogens is 1. The number of hydrogen-bond donors (Lipinski definition) is 2. The number of alkyl halides is 6. The summed E-state index contributed by atoms with van der Waals surface area (Å²) in [5.74, 6) is 5.90. The Morgan fingerprint density at radius 3 is 2.30 bits per heavy atom. The first-order valence-electron chi connectivity index (χ1n) is 10.3. The highest BCUT2D eigenvalue weighted by atomic mass is 32.2. The lowest BCUT2D eigenvalue weighted by molar-refractivity contribution is -0.153. The van der Waals surface area contributed by atoms with Crippen LogP contribution in [0.25, 0.3) is 22.2 Å². The van der Waals surface area contributed by atoms with E-state index in [1.807, 2.05) is 0 Å². The minimum Gasteiger partial charge on any atom is -0.484 e. The SMILES string of the molecule is O=S(=O)(Nc1ccccc1-c1ccc2nc(C#Cc3ccc(OCC(F)(F)F)cc3)[nH]c2c1)C(F)(F)F. The fourth-order valence-electron chi connectivity index (χ4n) is 3.19. The molecule has 0 saturated carbocycles. The van der Waals surface area contributed by atoms with Crippen LogP contribution in [0.3, 0.4) is 0 Å². The smallest absolute Gasteiger partial charge is 0.484 e. The molecule has 192 valence electrons. The van der Waals surface area contributed by atoms with Crippen molar-refractivity contribution in [2.24, 2.45) is 0 Å². The molecule has 3 aromatic carbocycles. The van der Waals surface area contributed by atoms with E-state index in [0.717, 1.165) is 0 Å². The summed E-state index contributed by atoms with van der Waals surface area (Å²) in [6.07, 6.45) is -4.45. The van der Waals surface area contributed by atoms with Gasteiger partial charge < -0.3 is 9.72 Å². The Hall–Kier alpha value is -4.18. The molecule has 6 nitrogen and oxygen atoms in total. The molecule has 0 aliphatic heterocycles. The van der Waals surface area contributed by atoms with Gasteiger partial charge >= 0.3 is 21.7 Å². The molecule has 37 heavy (non-hydrogen) atoms. The van der Waals surface area contributed by atoms with Crippen molar-refractivity contribution in [2.45, 2.75) is 11.7 Å². The molecule has 0 saturated heterocycles. The van der Waals surface area contributed by atoms with Crippen LogP contribution in [0.5, 0.6) is 5.75 Å². The zero-order valence-corrected chi connectivity index (χ0v) is 19.2. The van der Waals surface area contributed by atoms with Crippen LogP contribution in [-0.2, 0) is 10.0 Å². The molecule has 0 aliphatic rings. The number of rotatable bonds is 5. The predicted octanol–water partition coefficient (Wildman–Crippen LogP) is 5.83. The lowest BCUT2D eigenvalue weighted by Gasteiger charge is -2.14. The van der Waals surface area contributed by atoms with Crippen molar-refractivity contribution in [1.29, 1.82) is 0 Å². The molecule has 13 heteroatoms. The fourth-order valence-corrected chi connectivity index (χ4v) is 3.78. The predicted molar refractivity (Wildman–Crippen MR) is 124 cm³/mol. The van der Waals surface area contributed by atoms with Crippen molar-refractivity contribution in [1.82, 2.24) is 9.97 Å². The molecule has 0 bridgehead atoms. The Morgan fingerprint density at radius 2 is 1.62 bits per heavy atom. The zero-order chi connectivity index (χ0) is 26.8. The van der Waals surface area contributed by atoms with Gasteiger partial charge in [0.1, 0.15) is 5.75 Å². The minimum atomic E-state index is -5.61. The topological polar surface area (TPSA) is 84.1 Å². The van der Waals surface area contributed by atoms with E-state index in [-0.39, 0.29) is 22.8 Å². The lowest BCUT2D eigenvalue weighted by atomic mass is 10.0. The molecule has 0 spiro atoms. The molecule has 0 fully saturated rings. The second kappa shape index (κ2) is 9.70. The maximum atomic E-state index is 12.8. The van der Waals surface area contributed by atoms with Crippen LogP contribution in [-0.4, -0.2) is 36.7 Å². The van der Waals surface area contributed by atoms with Crippen LogP contribution >= 0.6 is 0 Å². The number of halogens is 6. The lowest BCUT2D eigenvalue weighted by Crippen LogP contribution is -2.30. The molecule has 4 aromatic rings. The molecule has 0 amide bonds. The van der Waals surface area contributed by atoms with E-state index in [0.29, 0.717) is 22.2 Å². The quantitative estimate of drug-likeness (QED) is 0.247. The van der Waals surface area contributed by atoms with Crippen molar-refractivity contribution in [3.63, 3.8) is 0 Å². The van der Waals surface area contributed by atoms with Gasteiger partial charge in [0.15, 0.2) is 12.4 Å². The number of fused-ring (bicyclic) bond motifs is 1. The Kier molecular flexibility index (Phi) is 6.79. The standard InChI is InChI=1S/C24H15F6N3O3S/c25-23(26,27)14-36-17-9-5-15(6-10-17)7-12-22-31-20-11-8-16(13-21(20)32-22)18-3-1-2-4-19(18)33-37(34,35)24(28,29)30/h1-6,8-11,13,33H,14H2,(H,31,32). The monoisotopic (exact) mass is 539 g/mol. The zero-order valence-electron chi connectivity index (χ0n) is 18.4. The minimum absolute atomic E-state index is 0.0388. The summed E-state index contributed by atoms with van der Waals surface area (Å²) >= 11 is 0. The Bertz CT molecular complexity index is 1600. The molecule has 0 aliphatic carbocycles. The van der Waals surface area contributed by atoms with Gasteiger partial charge in [-0.15, -0.1) is 0 Å². The number of nitrogens with zero attached hydrogens (tertiary/aromatic N) is 1. The molecule has 0 radical (unpaired) electrons. The van der Waals surface area contributed by atoms with Gasteiger partial charge in [-0.1, -0.05) is 30.2 Å². The van der Waals surface area contributed by atoms with Crippen molar-refractivity contribution >= 4 is 26.7 Å². The molecule has 1 aromatic heterocycles. The number of hydrogen-bond acceptors (Lipinski definition) is 4. The van der Waals surface area contributed by atoms with Crippen LogP contribution in [0.2, 0.25) is 0 Å². The summed E-state index contributed by atoms with van der Waals surface area (Å²) in [5.41, 5.74) is -3.61. The van der Waals surface area contributed by atoms with Gasteiger partial charge in [-0.05, 0) is 53.9 Å².